The molecule has 4 amide bonds. The zero-order valence-corrected chi connectivity index (χ0v) is 18.5. The summed E-state index contributed by atoms with van der Waals surface area (Å²) in [6.07, 6.45) is 2.66. The molecule has 10 heteroatoms. The average molecular weight is 481 g/mol. The summed E-state index contributed by atoms with van der Waals surface area (Å²) in [4.78, 5) is 50.8. The van der Waals surface area contributed by atoms with Crippen LogP contribution in [0.25, 0.3) is 6.08 Å². The second-order valence-electron chi connectivity index (χ2n) is 6.94. The quantitative estimate of drug-likeness (QED) is 0.243. The molecule has 1 aliphatic rings. The highest BCUT2D eigenvalue weighted by molar-refractivity contribution is 6.39. The van der Waals surface area contributed by atoms with Gasteiger partial charge in [0.05, 0.1) is 18.6 Å². The molecule has 0 radical (unpaired) electrons. The fourth-order valence-electron chi connectivity index (χ4n) is 3.16. The number of esters is 1. The first-order chi connectivity index (χ1) is 16.4. The van der Waals surface area contributed by atoms with E-state index in [1.54, 1.807) is 13.0 Å². The molecule has 1 N–H and O–H groups in total. The van der Waals surface area contributed by atoms with Crippen LogP contribution in [0.2, 0.25) is 5.02 Å². The molecule has 1 aromatic heterocycles. The third kappa shape index (κ3) is 4.69. The van der Waals surface area contributed by atoms with Gasteiger partial charge < -0.3 is 13.9 Å². The van der Waals surface area contributed by atoms with Gasteiger partial charge in [-0.3, -0.25) is 14.9 Å². The van der Waals surface area contributed by atoms with Gasteiger partial charge in [0.25, 0.3) is 11.8 Å². The Morgan fingerprint density at radius 3 is 2.53 bits per heavy atom. The Morgan fingerprint density at radius 1 is 1.09 bits per heavy atom. The van der Waals surface area contributed by atoms with Gasteiger partial charge in [0.15, 0.2) is 11.5 Å². The number of hydrogen-bond acceptors (Lipinski definition) is 7. The number of rotatable bonds is 6. The van der Waals surface area contributed by atoms with E-state index in [0.717, 1.165) is 4.90 Å². The molecule has 0 saturated carbocycles. The summed E-state index contributed by atoms with van der Waals surface area (Å²) in [5.74, 6) is -2.00. The summed E-state index contributed by atoms with van der Waals surface area (Å²) < 4.78 is 15.9. The first-order valence-corrected chi connectivity index (χ1v) is 10.4. The van der Waals surface area contributed by atoms with E-state index >= 15 is 0 Å². The number of nitrogens with one attached hydrogen (secondary N) is 1. The van der Waals surface area contributed by atoms with Crippen LogP contribution in [0.4, 0.5) is 10.5 Å². The number of amides is 4. The Kier molecular flexibility index (Phi) is 6.46. The molecule has 1 aliphatic heterocycles. The van der Waals surface area contributed by atoms with Crippen LogP contribution in [-0.2, 0) is 9.59 Å². The molecule has 1 saturated heterocycles. The van der Waals surface area contributed by atoms with E-state index in [1.165, 1.54) is 60.9 Å². The van der Waals surface area contributed by atoms with Crippen LogP contribution in [0.5, 0.6) is 11.5 Å². The minimum atomic E-state index is -0.871. The molecular formula is C24H17ClN2O7. The van der Waals surface area contributed by atoms with Crippen LogP contribution in [0.1, 0.15) is 23.0 Å². The Balaban J connectivity index is 1.64. The number of nitrogens with zero attached hydrogens (tertiary/aromatic N) is 1. The molecule has 1 fully saturated rings. The highest BCUT2D eigenvalue weighted by Crippen LogP contribution is 2.31. The molecule has 9 nitrogen and oxygen atoms in total. The Labute approximate surface area is 198 Å². The fourth-order valence-corrected chi connectivity index (χ4v) is 3.29. The maximum absolute atomic E-state index is 13.0. The SMILES string of the molecule is CCOc1cc(/C=C2\C(=O)NC(=O)N(c3ccc(Cl)cc3)C2=O)ccc1OC(=O)c1ccco1. The van der Waals surface area contributed by atoms with Gasteiger partial charge in [0.2, 0.25) is 5.76 Å². The van der Waals surface area contributed by atoms with Gasteiger partial charge in [-0.2, -0.15) is 0 Å². The number of halogens is 1. The lowest BCUT2D eigenvalue weighted by molar-refractivity contribution is -0.122. The summed E-state index contributed by atoms with van der Waals surface area (Å²) >= 11 is 5.88. The predicted octanol–water partition coefficient (Wildman–Crippen LogP) is 4.22. The van der Waals surface area contributed by atoms with Crippen LogP contribution in [0.3, 0.4) is 0 Å². The second kappa shape index (κ2) is 9.63. The van der Waals surface area contributed by atoms with Crippen molar-refractivity contribution in [2.24, 2.45) is 0 Å². The number of urea groups is 1. The lowest BCUT2D eigenvalue weighted by atomic mass is 10.1. The molecule has 0 atom stereocenters. The number of furan rings is 1. The van der Waals surface area contributed by atoms with Gasteiger partial charge in [0, 0.05) is 5.02 Å². The summed E-state index contributed by atoms with van der Waals surface area (Å²) in [6, 6.07) is 12.7. The van der Waals surface area contributed by atoms with Crippen molar-refractivity contribution in [3.8, 4) is 11.5 Å². The maximum atomic E-state index is 13.0. The summed E-state index contributed by atoms with van der Waals surface area (Å²) in [5.41, 5.74) is 0.392. The third-order valence-corrected chi connectivity index (χ3v) is 4.94. The van der Waals surface area contributed by atoms with Crippen LogP contribution in [-0.4, -0.2) is 30.4 Å². The van der Waals surface area contributed by atoms with Crippen molar-refractivity contribution in [2.45, 2.75) is 6.92 Å². The first-order valence-electron chi connectivity index (χ1n) is 10.1. The summed E-state index contributed by atoms with van der Waals surface area (Å²) in [6.45, 7) is 2.01. The molecule has 0 aliphatic carbocycles. The zero-order valence-electron chi connectivity index (χ0n) is 17.7. The minimum Gasteiger partial charge on any atom is -0.490 e. The van der Waals surface area contributed by atoms with Crippen LogP contribution < -0.4 is 19.7 Å². The average Bonchev–Trinajstić information content (AvgIpc) is 3.35. The highest BCUT2D eigenvalue weighted by Gasteiger charge is 2.36. The van der Waals surface area contributed by atoms with Crippen molar-refractivity contribution in [3.63, 3.8) is 0 Å². The molecule has 2 heterocycles. The number of anilines is 1. The van der Waals surface area contributed by atoms with Gasteiger partial charge >= 0.3 is 12.0 Å². The monoisotopic (exact) mass is 480 g/mol. The van der Waals surface area contributed by atoms with Gasteiger partial charge in [0.1, 0.15) is 5.57 Å². The lowest BCUT2D eigenvalue weighted by Crippen LogP contribution is -2.54. The van der Waals surface area contributed by atoms with Crippen molar-refractivity contribution in [1.82, 2.24) is 5.32 Å². The molecule has 0 spiro atoms. The molecule has 0 unspecified atom stereocenters. The largest absolute Gasteiger partial charge is 0.490 e. The second-order valence-corrected chi connectivity index (χ2v) is 7.38. The molecule has 0 bridgehead atoms. The number of carbonyl (C=O) groups is 4. The smallest absolute Gasteiger partial charge is 0.379 e. The number of imide groups is 2. The number of barbiturate groups is 1. The first kappa shape index (κ1) is 22.8. The van der Waals surface area contributed by atoms with E-state index in [1.807, 2.05) is 0 Å². The van der Waals surface area contributed by atoms with E-state index in [2.05, 4.69) is 5.32 Å². The Morgan fingerprint density at radius 2 is 1.85 bits per heavy atom. The number of benzene rings is 2. The van der Waals surface area contributed by atoms with E-state index in [0.29, 0.717) is 10.6 Å². The molecule has 4 rings (SSSR count). The van der Waals surface area contributed by atoms with E-state index in [4.69, 9.17) is 25.5 Å². The zero-order chi connectivity index (χ0) is 24.2. The molecule has 3 aromatic rings. The van der Waals surface area contributed by atoms with Crippen molar-refractivity contribution in [2.75, 3.05) is 11.5 Å². The lowest BCUT2D eigenvalue weighted by Gasteiger charge is -2.26. The normalized spacial score (nSPS) is 14.8. The summed E-state index contributed by atoms with van der Waals surface area (Å²) in [7, 11) is 0. The van der Waals surface area contributed by atoms with Gasteiger partial charge in [-0.05, 0) is 67.1 Å². The maximum Gasteiger partial charge on any atom is 0.379 e. The standard InChI is InChI=1S/C24H17ClN2O7/c1-2-32-20-13-14(5-10-18(20)34-23(30)19-4-3-11-33-19)12-17-21(28)26-24(31)27(22(17)29)16-8-6-15(25)7-9-16/h3-13H,2H2,1H3,(H,26,28,31)/b17-12+. The summed E-state index contributed by atoms with van der Waals surface area (Å²) in [5, 5.41) is 2.58. The van der Waals surface area contributed by atoms with Crippen molar-refractivity contribution in [1.29, 1.82) is 0 Å². The molecule has 172 valence electrons. The molecule has 34 heavy (non-hydrogen) atoms. The molecular weight excluding hydrogens is 464 g/mol. The Hall–Kier alpha value is -4.37. The van der Waals surface area contributed by atoms with Crippen molar-refractivity contribution >= 4 is 47.2 Å². The van der Waals surface area contributed by atoms with E-state index in [-0.39, 0.29) is 35.1 Å². The van der Waals surface area contributed by atoms with E-state index in [9.17, 15) is 19.2 Å². The number of hydrogen-bond donors (Lipinski definition) is 1. The van der Waals surface area contributed by atoms with E-state index < -0.39 is 23.8 Å². The fraction of sp³-hybridized carbons (Fsp3) is 0.0833. The molecule has 2 aromatic carbocycles. The van der Waals surface area contributed by atoms with Crippen LogP contribution in [0.15, 0.2) is 70.9 Å². The minimum absolute atomic E-state index is 0.0186. The van der Waals surface area contributed by atoms with Gasteiger partial charge in [-0.1, -0.05) is 17.7 Å². The third-order valence-electron chi connectivity index (χ3n) is 4.69. The van der Waals surface area contributed by atoms with Crippen LogP contribution in [0, 0.1) is 0 Å². The topological polar surface area (TPSA) is 115 Å². The predicted molar refractivity (Wildman–Crippen MR) is 122 cm³/mol. The number of carbonyl (C=O) groups excluding carboxylic acids is 4. The van der Waals surface area contributed by atoms with Crippen molar-refractivity contribution < 1.29 is 33.1 Å². The number of ether oxygens (including phenoxy) is 2. The highest BCUT2D eigenvalue weighted by atomic mass is 35.5. The Bertz CT molecular complexity index is 1300. The van der Waals surface area contributed by atoms with Gasteiger partial charge in [-0.25, -0.2) is 14.5 Å². The van der Waals surface area contributed by atoms with Crippen LogP contribution >= 0.6 is 11.6 Å². The van der Waals surface area contributed by atoms with Gasteiger partial charge in [-0.15, -0.1) is 0 Å². The van der Waals surface area contributed by atoms with Crippen molar-refractivity contribution in [3.05, 3.63) is 82.8 Å².